The maximum absolute atomic E-state index is 12.1. The quantitative estimate of drug-likeness (QED) is 0.570. The van der Waals surface area contributed by atoms with Crippen LogP contribution in [0.4, 0.5) is 0 Å². The van der Waals surface area contributed by atoms with Gasteiger partial charge in [-0.15, -0.1) is 0 Å². The first-order valence-electron chi connectivity index (χ1n) is 7.34. The molecule has 0 unspecified atom stereocenters. The first-order chi connectivity index (χ1) is 11.7. The molecule has 3 aromatic rings. The zero-order chi connectivity index (χ0) is 16.9. The molecule has 0 radical (unpaired) electrons. The fourth-order valence-corrected chi connectivity index (χ4v) is 2.67. The van der Waals surface area contributed by atoms with Crippen LogP contribution in [0.15, 0.2) is 65.8 Å². The lowest BCUT2D eigenvalue weighted by Crippen LogP contribution is -2.18. The second-order valence-corrected chi connectivity index (χ2v) is 5.49. The van der Waals surface area contributed by atoms with E-state index in [1.54, 1.807) is 37.6 Å². The number of fused-ring (bicyclic) bond motifs is 1. The van der Waals surface area contributed by atoms with Gasteiger partial charge in [0.1, 0.15) is 5.75 Å². The highest BCUT2D eigenvalue weighted by molar-refractivity contribution is 6.33. The van der Waals surface area contributed by atoms with Gasteiger partial charge >= 0.3 is 0 Å². The van der Waals surface area contributed by atoms with Crippen LogP contribution in [0.1, 0.15) is 15.9 Å². The van der Waals surface area contributed by atoms with Crippen molar-refractivity contribution >= 4 is 34.5 Å². The average molecular weight is 339 g/mol. The molecule has 3 aromatic carbocycles. The summed E-state index contributed by atoms with van der Waals surface area (Å²) in [4.78, 5) is 12.1. The highest BCUT2D eigenvalue weighted by Gasteiger charge is 2.09. The molecular weight excluding hydrogens is 324 g/mol. The minimum atomic E-state index is -0.365. The van der Waals surface area contributed by atoms with Crippen molar-refractivity contribution in [2.24, 2.45) is 5.10 Å². The molecule has 1 N–H and O–H groups in total. The van der Waals surface area contributed by atoms with Crippen molar-refractivity contribution in [1.29, 1.82) is 0 Å². The highest BCUT2D eigenvalue weighted by atomic mass is 35.5. The third-order valence-electron chi connectivity index (χ3n) is 3.63. The summed E-state index contributed by atoms with van der Waals surface area (Å²) in [6, 6.07) is 18.6. The van der Waals surface area contributed by atoms with Gasteiger partial charge in [-0.2, -0.15) is 5.10 Å². The summed E-state index contributed by atoms with van der Waals surface area (Å²) >= 11 is 6.01. The third kappa shape index (κ3) is 3.24. The molecule has 0 atom stereocenters. The Hall–Kier alpha value is -2.85. The zero-order valence-electron chi connectivity index (χ0n) is 13.0. The molecule has 0 heterocycles. The molecule has 1 amide bonds. The van der Waals surface area contributed by atoms with Crippen molar-refractivity contribution in [3.8, 4) is 5.75 Å². The number of hydrogen-bond acceptors (Lipinski definition) is 3. The van der Waals surface area contributed by atoms with Gasteiger partial charge in [-0.1, -0.05) is 54.1 Å². The average Bonchev–Trinajstić information content (AvgIpc) is 2.62. The Bertz CT molecular complexity index is 922. The monoisotopic (exact) mass is 338 g/mol. The summed E-state index contributed by atoms with van der Waals surface area (Å²) in [5, 5.41) is 6.50. The van der Waals surface area contributed by atoms with Gasteiger partial charge < -0.3 is 4.74 Å². The van der Waals surface area contributed by atoms with Crippen LogP contribution in [0.25, 0.3) is 10.8 Å². The Balaban J connectivity index is 1.88. The number of carbonyl (C=O) groups excluding carboxylic acids is 1. The van der Waals surface area contributed by atoms with Gasteiger partial charge in [0, 0.05) is 5.56 Å². The van der Waals surface area contributed by atoms with Crippen molar-refractivity contribution in [2.75, 3.05) is 7.11 Å². The lowest BCUT2D eigenvalue weighted by atomic mass is 10.0. The molecule has 0 bridgehead atoms. The van der Waals surface area contributed by atoms with Crippen LogP contribution >= 0.6 is 11.6 Å². The van der Waals surface area contributed by atoms with E-state index in [9.17, 15) is 4.79 Å². The molecule has 0 fully saturated rings. The van der Waals surface area contributed by atoms with Gasteiger partial charge in [-0.25, -0.2) is 5.43 Å². The second kappa shape index (κ2) is 7.15. The van der Waals surface area contributed by atoms with Crippen molar-refractivity contribution < 1.29 is 9.53 Å². The summed E-state index contributed by atoms with van der Waals surface area (Å²) < 4.78 is 5.39. The van der Waals surface area contributed by atoms with Crippen molar-refractivity contribution in [1.82, 2.24) is 5.43 Å². The van der Waals surface area contributed by atoms with Crippen LogP contribution in [0.2, 0.25) is 5.02 Å². The number of amides is 1. The summed E-state index contributed by atoms with van der Waals surface area (Å²) in [5.74, 6) is 0.320. The van der Waals surface area contributed by atoms with Gasteiger partial charge in [-0.05, 0) is 29.0 Å². The molecule has 0 aliphatic carbocycles. The second-order valence-electron chi connectivity index (χ2n) is 5.08. The molecule has 0 aliphatic heterocycles. The van der Waals surface area contributed by atoms with Crippen LogP contribution < -0.4 is 10.2 Å². The lowest BCUT2D eigenvalue weighted by Gasteiger charge is -2.08. The van der Waals surface area contributed by atoms with Gasteiger partial charge in [0.25, 0.3) is 5.91 Å². The molecule has 0 aromatic heterocycles. The van der Waals surface area contributed by atoms with Gasteiger partial charge in [0.2, 0.25) is 0 Å². The number of nitrogens with zero attached hydrogens (tertiary/aromatic N) is 1. The summed E-state index contributed by atoms with van der Waals surface area (Å²) in [5.41, 5.74) is 3.67. The predicted octanol–water partition coefficient (Wildman–Crippen LogP) is 4.27. The highest BCUT2D eigenvalue weighted by Crippen LogP contribution is 2.26. The number of hydrogen-bond donors (Lipinski definition) is 1. The molecule has 4 nitrogen and oxygen atoms in total. The smallest absolute Gasteiger partial charge is 0.272 e. The van der Waals surface area contributed by atoms with E-state index in [1.165, 1.54) is 0 Å². The maximum atomic E-state index is 12.1. The molecule has 24 heavy (non-hydrogen) atoms. The molecule has 0 saturated carbocycles. The first-order valence-corrected chi connectivity index (χ1v) is 7.72. The number of ether oxygens (including phenoxy) is 1. The van der Waals surface area contributed by atoms with E-state index in [0.29, 0.717) is 16.3 Å². The minimum Gasteiger partial charge on any atom is -0.496 e. The van der Waals surface area contributed by atoms with Crippen LogP contribution in [0.3, 0.4) is 0 Å². The molecule has 0 aliphatic rings. The Morgan fingerprint density at radius 3 is 2.62 bits per heavy atom. The summed E-state index contributed by atoms with van der Waals surface area (Å²) in [7, 11) is 1.60. The lowest BCUT2D eigenvalue weighted by molar-refractivity contribution is 0.0955. The molecular formula is C19H15ClN2O2. The van der Waals surface area contributed by atoms with Gasteiger partial charge in [0.05, 0.1) is 23.9 Å². The van der Waals surface area contributed by atoms with E-state index in [1.807, 2.05) is 36.4 Å². The fourth-order valence-electron chi connectivity index (χ4n) is 2.45. The van der Waals surface area contributed by atoms with Crippen LogP contribution in [-0.2, 0) is 0 Å². The Morgan fingerprint density at radius 1 is 1.08 bits per heavy atom. The number of hydrazone groups is 1. The number of nitrogens with one attached hydrogen (secondary N) is 1. The van der Waals surface area contributed by atoms with Crippen molar-refractivity contribution in [2.45, 2.75) is 0 Å². The van der Waals surface area contributed by atoms with Crippen LogP contribution in [0, 0.1) is 0 Å². The minimum absolute atomic E-state index is 0.365. The van der Waals surface area contributed by atoms with Crippen LogP contribution in [-0.4, -0.2) is 19.2 Å². The number of benzene rings is 3. The number of halogens is 1. The van der Waals surface area contributed by atoms with E-state index in [2.05, 4.69) is 10.5 Å². The van der Waals surface area contributed by atoms with E-state index < -0.39 is 0 Å². The number of rotatable bonds is 4. The zero-order valence-corrected chi connectivity index (χ0v) is 13.7. The largest absolute Gasteiger partial charge is 0.496 e. The SMILES string of the molecule is COc1ccc2ccccc2c1/C=N\NC(=O)c1ccccc1Cl. The molecule has 0 spiro atoms. The number of carbonyl (C=O) groups is 1. The van der Waals surface area contributed by atoms with Crippen molar-refractivity contribution in [3.05, 3.63) is 76.8 Å². The van der Waals surface area contributed by atoms with Crippen LogP contribution in [0.5, 0.6) is 5.75 Å². The molecule has 5 heteroatoms. The Morgan fingerprint density at radius 2 is 1.83 bits per heavy atom. The molecule has 3 rings (SSSR count). The normalized spacial score (nSPS) is 10.9. The first kappa shape index (κ1) is 16.0. The van der Waals surface area contributed by atoms with Gasteiger partial charge in [-0.3, -0.25) is 4.79 Å². The van der Waals surface area contributed by atoms with Gasteiger partial charge in [0.15, 0.2) is 0 Å². The van der Waals surface area contributed by atoms with E-state index >= 15 is 0 Å². The third-order valence-corrected chi connectivity index (χ3v) is 3.96. The fraction of sp³-hybridized carbons (Fsp3) is 0.0526. The van der Waals surface area contributed by atoms with Crippen molar-refractivity contribution in [3.63, 3.8) is 0 Å². The molecule has 0 saturated heterocycles. The summed E-state index contributed by atoms with van der Waals surface area (Å²) in [6.07, 6.45) is 1.58. The van der Waals surface area contributed by atoms with E-state index in [4.69, 9.17) is 16.3 Å². The maximum Gasteiger partial charge on any atom is 0.272 e. The predicted molar refractivity (Wildman–Crippen MR) is 97.0 cm³/mol. The number of methoxy groups -OCH3 is 1. The van der Waals surface area contributed by atoms with E-state index in [-0.39, 0.29) is 5.91 Å². The topological polar surface area (TPSA) is 50.7 Å². The Labute approximate surface area is 144 Å². The van der Waals surface area contributed by atoms with E-state index in [0.717, 1.165) is 16.3 Å². The Kier molecular flexibility index (Phi) is 4.77. The summed E-state index contributed by atoms with van der Waals surface area (Å²) in [6.45, 7) is 0. The standard InChI is InChI=1S/C19H15ClN2O2/c1-24-18-11-10-13-6-2-3-7-14(13)16(18)12-21-22-19(23)15-8-4-5-9-17(15)20/h2-12H,1H3,(H,22,23)/b21-12-. The molecule has 120 valence electrons.